The van der Waals surface area contributed by atoms with E-state index in [0.717, 1.165) is 46.8 Å². The molecule has 2 aliphatic heterocycles. The van der Waals surface area contributed by atoms with Crippen molar-refractivity contribution in [2.24, 2.45) is 4.99 Å². The van der Waals surface area contributed by atoms with Crippen LogP contribution >= 0.6 is 0 Å². The van der Waals surface area contributed by atoms with E-state index in [1.54, 1.807) is 0 Å². The summed E-state index contributed by atoms with van der Waals surface area (Å²) in [4.78, 5) is 4.85. The topological polar surface area (TPSA) is 38.5 Å². The maximum Gasteiger partial charge on any atom is 0.227 e. The molecule has 0 radical (unpaired) electrons. The smallest absolute Gasteiger partial charge is 0.227 e. The van der Waals surface area contributed by atoms with Crippen LogP contribution in [-0.4, -0.2) is 16.1 Å². The molecule has 34 heavy (non-hydrogen) atoms. The molecule has 0 fully saturated rings. The van der Waals surface area contributed by atoms with Crippen molar-refractivity contribution in [2.45, 2.75) is 32.4 Å². The number of benzene rings is 3. The molecule has 1 unspecified atom stereocenters. The molecule has 4 aromatic rings. The Morgan fingerprint density at radius 1 is 0.941 bits per heavy atom. The summed E-state index contributed by atoms with van der Waals surface area (Å²) in [7, 11) is 0. The Kier molecular flexibility index (Phi) is 3.98. The molecule has 0 saturated carbocycles. The van der Waals surface area contributed by atoms with Crippen molar-refractivity contribution in [1.82, 2.24) is 9.88 Å². The molecule has 1 aromatic heterocycles. The molecule has 0 spiro atoms. The third kappa shape index (κ3) is 2.69. The standard InChI is InChI=1S/C30H25N3O/c1-19-31-29(28-23-13-7-9-15-27(23)34-30(28,2)32-19)20-16-17-26-24(18-20)22-12-6-8-14-25(22)33(26)21-10-4-3-5-11-21/h4,6-18H,3,5H2,1-2H3,(H,31,32). The summed E-state index contributed by atoms with van der Waals surface area (Å²) in [5, 5.41) is 6.08. The van der Waals surface area contributed by atoms with Gasteiger partial charge in [-0.2, -0.15) is 0 Å². The Hall–Kier alpha value is -4.05. The van der Waals surface area contributed by atoms with Gasteiger partial charge in [-0.15, -0.1) is 0 Å². The number of hydrogen-bond donors (Lipinski definition) is 1. The van der Waals surface area contributed by atoms with Crippen LogP contribution in [-0.2, 0) is 0 Å². The summed E-state index contributed by atoms with van der Waals surface area (Å²) in [5.41, 5.74) is 7.37. The quantitative estimate of drug-likeness (QED) is 0.363. The van der Waals surface area contributed by atoms with Crippen molar-refractivity contribution in [3.8, 4) is 5.75 Å². The highest BCUT2D eigenvalue weighted by Gasteiger charge is 2.44. The molecule has 1 N–H and O–H groups in total. The second-order valence-corrected chi connectivity index (χ2v) is 9.35. The molecule has 166 valence electrons. The van der Waals surface area contributed by atoms with E-state index >= 15 is 0 Å². The van der Waals surface area contributed by atoms with E-state index in [1.165, 1.54) is 27.5 Å². The number of rotatable bonds is 2. The summed E-state index contributed by atoms with van der Waals surface area (Å²) in [6.45, 7) is 4.06. The molecule has 7 rings (SSSR count). The second-order valence-electron chi connectivity index (χ2n) is 9.35. The highest BCUT2D eigenvalue weighted by atomic mass is 16.5. The lowest BCUT2D eigenvalue weighted by Gasteiger charge is -2.30. The van der Waals surface area contributed by atoms with Gasteiger partial charge in [0.15, 0.2) is 0 Å². The molecule has 0 saturated heterocycles. The van der Waals surface area contributed by atoms with Gasteiger partial charge < -0.3 is 14.6 Å². The van der Waals surface area contributed by atoms with E-state index in [2.05, 4.69) is 89.6 Å². The third-order valence-electron chi connectivity index (χ3n) is 7.06. The predicted molar refractivity (Wildman–Crippen MR) is 141 cm³/mol. The van der Waals surface area contributed by atoms with Gasteiger partial charge in [-0.1, -0.05) is 54.6 Å². The molecule has 3 aromatic carbocycles. The van der Waals surface area contributed by atoms with Gasteiger partial charge in [0.1, 0.15) is 11.6 Å². The van der Waals surface area contributed by atoms with Gasteiger partial charge in [0, 0.05) is 29.0 Å². The van der Waals surface area contributed by atoms with Gasteiger partial charge in [-0.05, 0) is 55.7 Å². The molecule has 4 nitrogen and oxygen atoms in total. The van der Waals surface area contributed by atoms with Crippen molar-refractivity contribution < 1.29 is 4.74 Å². The zero-order chi connectivity index (χ0) is 22.9. The van der Waals surface area contributed by atoms with E-state index in [1.807, 2.05) is 19.1 Å². The van der Waals surface area contributed by atoms with Crippen LogP contribution in [0.5, 0.6) is 5.75 Å². The first kappa shape index (κ1) is 19.4. The molecule has 1 aliphatic carbocycles. The maximum absolute atomic E-state index is 6.36. The van der Waals surface area contributed by atoms with Crippen LogP contribution in [0.1, 0.15) is 37.8 Å². The molecule has 0 amide bonds. The highest BCUT2D eigenvalue weighted by molar-refractivity contribution is 6.13. The Morgan fingerprint density at radius 3 is 2.65 bits per heavy atom. The zero-order valence-electron chi connectivity index (χ0n) is 19.3. The minimum atomic E-state index is -0.727. The Bertz CT molecular complexity index is 1630. The SMILES string of the molecule is CC1=NC2(C)Oc3ccccc3C2=C(c2ccc3c(c2)c2ccccc2n3C2=CCCC=C2)N1. The van der Waals surface area contributed by atoms with Crippen molar-refractivity contribution in [3.63, 3.8) is 0 Å². The van der Waals surface area contributed by atoms with Gasteiger partial charge in [-0.3, -0.25) is 0 Å². The van der Waals surface area contributed by atoms with Crippen molar-refractivity contribution in [1.29, 1.82) is 0 Å². The zero-order valence-corrected chi connectivity index (χ0v) is 19.3. The van der Waals surface area contributed by atoms with Gasteiger partial charge in [-0.25, -0.2) is 4.99 Å². The molecule has 3 aliphatic rings. The Labute approximate surface area is 198 Å². The molecular formula is C30H25N3O. The number of amidine groups is 1. The van der Waals surface area contributed by atoms with Gasteiger partial charge in [0.05, 0.1) is 22.3 Å². The monoisotopic (exact) mass is 443 g/mol. The number of fused-ring (bicyclic) bond motifs is 6. The van der Waals surface area contributed by atoms with Crippen LogP contribution in [0.25, 0.3) is 38.8 Å². The number of ether oxygens (including phenoxy) is 1. The molecule has 0 bridgehead atoms. The Balaban J connectivity index is 1.50. The average Bonchev–Trinajstić information content (AvgIpc) is 3.34. The van der Waals surface area contributed by atoms with Crippen molar-refractivity contribution >= 4 is 44.6 Å². The Morgan fingerprint density at radius 2 is 1.76 bits per heavy atom. The largest absolute Gasteiger partial charge is 0.461 e. The number of hydrogen-bond acceptors (Lipinski definition) is 3. The van der Waals surface area contributed by atoms with E-state index < -0.39 is 5.72 Å². The fourth-order valence-corrected chi connectivity index (χ4v) is 5.70. The lowest BCUT2D eigenvalue weighted by molar-refractivity contribution is 0.177. The van der Waals surface area contributed by atoms with E-state index in [9.17, 15) is 0 Å². The van der Waals surface area contributed by atoms with Gasteiger partial charge >= 0.3 is 0 Å². The van der Waals surface area contributed by atoms with E-state index in [0.29, 0.717) is 0 Å². The normalized spacial score (nSPS) is 21.1. The summed E-state index contributed by atoms with van der Waals surface area (Å²) >= 11 is 0. The first-order chi connectivity index (χ1) is 16.6. The van der Waals surface area contributed by atoms with Crippen LogP contribution in [0.2, 0.25) is 0 Å². The third-order valence-corrected chi connectivity index (χ3v) is 7.06. The van der Waals surface area contributed by atoms with Crippen LogP contribution in [0.3, 0.4) is 0 Å². The minimum Gasteiger partial charge on any atom is -0.461 e. The highest BCUT2D eigenvalue weighted by Crippen LogP contribution is 2.49. The maximum atomic E-state index is 6.36. The van der Waals surface area contributed by atoms with Gasteiger partial charge in [0.2, 0.25) is 5.72 Å². The van der Waals surface area contributed by atoms with E-state index in [4.69, 9.17) is 9.73 Å². The van der Waals surface area contributed by atoms with E-state index in [-0.39, 0.29) is 0 Å². The molecule has 3 heterocycles. The molecule has 4 heteroatoms. The van der Waals surface area contributed by atoms with Crippen LogP contribution in [0.15, 0.2) is 90.0 Å². The van der Waals surface area contributed by atoms with Gasteiger partial charge in [0.25, 0.3) is 0 Å². The van der Waals surface area contributed by atoms with Crippen LogP contribution in [0.4, 0.5) is 0 Å². The predicted octanol–water partition coefficient (Wildman–Crippen LogP) is 6.98. The number of aromatic nitrogens is 1. The number of nitrogens with zero attached hydrogens (tertiary/aromatic N) is 2. The molecule has 1 atom stereocenters. The first-order valence-electron chi connectivity index (χ1n) is 11.9. The summed E-state index contributed by atoms with van der Waals surface area (Å²) < 4.78 is 8.75. The lowest BCUT2D eigenvalue weighted by atomic mass is 9.92. The van der Waals surface area contributed by atoms with Crippen LogP contribution in [0, 0.1) is 0 Å². The minimum absolute atomic E-state index is 0.727. The fraction of sp³-hybridized carbons (Fsp3) is 0.167. The number of aliphatic imine (C=N–C) groups is 1. The number of allylic oxidation sites excluding steroid dienone is 4. The lowest BCUT2D eigenvalue weighted by Crippen LogP contribution is -2.37. The first-order valence-corrected chi connectivity index (χ1v) is 11.9. The summed E-state index contributed by atoms with van der Waals surface area (Å²) in [5.74, 6) is 1.74. The number of nitrogens with one attached hydrogen (secondary N) is 1. The summed E-state index contributed by atoms with van der Waals surface area (Å²) in [6, 6.07) is 23.7. The molecular weight excluding hydrogens is 418 g/mol. The van der Waals surface area contributed by atoms with Crippen molar-refractivity contribution in [3.05, 3.63) is 96.1 Å². The number of para-hydroxylation sites is 2. The second kappa shape index (κ2) is 6.97. The average molecular weight is 444 g/mol. The van der Waals surface area contributed by atoms with Crippen molar-refractivity contribution in [2.75, 3.05) is 0 Å². The van der Waals surface area contributed by atoms with Crippen LogP contribution < -0.4 is 10.1 Å². The summed E-state index contributed by atoms with van der Waals surface area (Å²) in [6.07, 6.45) is 9.04. The fourth-order valence-electron chi connectivity index (χ4n) is 5.70.